The molecule has 5 aliphatic rings. The van der Waals surface area contributed by atoms with Crippen molar-refractivity contribution in [3.8, 4) is 17.3 Å². The summed E-state index contributed by atoms with van der Waals surface area (Å²) in [6.07, 6.45) is -3.08. The number of alkyl halides is 5. The minimum absolute atomic E-state index is 0.0601. The molecule has 5 atom stereocenters. The molecule has 2 aromatic heterocycles. The van der Waals surface area contributed by atoms with Gasteiger partial charge in [0.2, 0.25) is 6.29 Å². The van der Waals surface area contributed by atoms with Crippen LogP contribution in [0.2, 0.25) is 5.02 Å². The Bertz CT molecular complexity index is 2100. The summed E-state index contributed by atoms with van der Waals surface area (Å²) in [7, 11) is 0. The molecule has 1 spiro atoms. The molecule has 2 N–H and O–H groups in total. The van der Waals surface area contributed by atoms with Crippen LogP contribution < -0.4 is 15.4 Å². The highest BCUT2D eigenvalue weighted by Gasteiger charge is 2.77. The lowest BCUT2D eigenvalue weighted by Gasteiger charge is -2.41. The van der Waals surface area contributed by atoms with Gasteiger partial charge in [0.1, 0.15) is 23.6 Å². The van der Waals surface area contributed by atoms with Gasteiger partial charge in [-0.15, -0.1) is 0 Å². The summed E-state index contributed by atoms with van der Waals surface area (Å²) in [6, 6.07) is 0.752. The van der Waals surface area contributed by atoms with Gasteiger partial charge in [-0.25, -0.2) is 18.0 Å². The molecule has 19 heteroatoms. The van der Waals surface area contributed by atoms with Crippen LogP contribution in [0.1, 0.15) is 64.9 Å². The number of nitrogens with two attached hydrogens (primary N) is 1. The fourth-order valence-corrected chi connectivity index (χ4v) is 9.50. The molecular formula is C37H40ClF6N7O5. The molecule has 1 unspecified atom stereocenters. The number of benzene rings is 1. The third-order valence-electron chi connectivity index (χ3n) is 11.9. The first-order valence-corrected chi connectivity index (χ1v) is 18.9. The van der Waals surface area contributed by atoms with Crippen molar-refractivity contribution in [2.45, 2.75) is 95.3 Å². The third-order valence-corrected chi connectivity index (χ3v) is 12.2. The molecular weight excluding hydrogens is 772 g/mol. The van der Waals surface area contributed by atoms with E-state index in [1.54, 1.807) is 23.6 Å². The number of piperazine rings is 1. The largest absolute Gasteiger partial charge is 0.461 e. The van der Waals surface area contributed by atoms with Crippen molar-refractivity contribution in [3.05, 3.63) is 34.7 Å². The molecule has 302 valence electrons. The number of esters is 1. The molecule has 3 aromatic rings. The monoisotopic (exact) mass is 811 g/mol. The molecule has 6 heterocycles. The van der Waals surface area contributed by atoms with Crippen molar-refractivity contribution in [3.63, 3.8) is 0 Å². The van der Waals surface area contributed by atoms with E-state index >= 15 is 4.39 Å². The normalized spacial score (nSPS) is 27.3. The Morgan fingerprint density at radius 2 is 1.77 bits per heavy atom. The second kappa shape index (κ2) is 13.4. The van der Waals surface area contributed by atoms with Crippen molar-refractivity contribution < 1.29 is 50.1 Å². The van der Waals surface area contributed by atoms with Crippen LogP contribution in [-0.4, -0.2) is 99.4 Å². The van der Waals surface area contributed by atoms with Crippen LogP contribution in [0.5, 0.6) is 6.01 Å². The maximum atomic E-state index is 16.8. The van der Waals surface area contributed by atoms with E-state index in [4.69, 9.17) is 31.5 Å². The zero-order valence-electron chi connectivity index (χ0n) is 30.8. The van der Waals surface area contributed by atoms with Crippen LogP contribution in [-0.2, 0) is 20.4 Å². The molecule has 1 aromatic carbocycles. The molecule has 1 aliphatic carbocycles. The van der Waals surface area contributed by atoms with Gasteiger partial charge >= 0.3 is 24.2 Å². The van der Waals surface area contributed by atoms with Crippen molar-refractivity contribution in [2.24, 2.45) is 11.3 Å². The molecule has 56 heavy (non-hydrogen) atoms. The van der Waals surface area contributed by atoms with Crippen LogP contribution in [0.3, 0.4) is 0 Å². The fourth-order valence-electron chi connectivity index (χ4n) is 9.17. The number of pyridine rings is 1. The summed E-state index contributed by atoms with van der Waals surface area (Å²) in [5, 5.41) is -0.679. The molecule has 12 nitrogen and oxygen atoms in total. The third kappa shape index (κ3) is 6.49. The van der Waals surface area contributed by atoms with Crippen molar-refractivity contribution in [1.82, 2.24) is 24.8 Å². The van der Waals surface area contributed by atoms with Crippen LogP contribution in [0.15, 0.2) is 18.3 Å². The SMILES string of the molecule is CC(OC(=O)C(C)C)OC(=O)N1[C@@H]2CC[C@H]1CN(c1nc(OC[C@@]34CCCN3C[C@@]3(CC3(F)F)C4)nc3c(F)c(-c4cc(N)cc(Cl)c4C(F)(F)F)ncc13)C2. The summed E-state index contributed by atoms with van der Waals surface area (Å²) >= 11 is 6.00. The molecule has 8 rings (SSSR count). The zero-order valence-corrected chi connectivity index (χ0v) is 31.5. The molecule has 5 fully saturated rings. The highest BCUT2D eigenvalue weighted by Crippen LogP contribution is 2.69. The Labute approximate surface area is 322 Å². The number of hydrogen-bond donors (Lipinski definition) is 1. The van der Waals surface area contributed by atoms with E-state index < -0.39 is 92.6 Å². The van der Waals surface area contributed by atoms with Gasteiger partial charge in [-0.05, 0) is 50.8 Å². The van der Waals surface area contributed by atoms with Gasteiger partial charge in [-0.3, -0.25) is 19.6 Å². The first kappa shape index (κ1) is 38.5. The Hall–Kier alpha value is -4.32. The summed E-state index contributed by atoms with van der Waals surface area (Å²) in [6.45, 7) is 5.92. The topological polar surface area (TPSA) is 136 Å². The van der Waals surface area contributed by atoms with Crippen molar-refractivity contribution in [2.75, 3.05) is 43.4 Å². The average Bonchev–Trinajstić information content (AvgIpc) is 3.37. The number of carbonyl (C=O) groups excluding carboxylic acids is 2. The first-order chi connectivity index (χ1) is 26.3. The number of fused-ring (bicyclic) bond motifs is 4. The first-order valence-electron chi connectivity index (χ1n) is 18.5. The second-order valence-corrected chi connectivity index (χ2v) is 16.5. The predicted molar refractivity (Wildman–Crippen MR) is 191 cm³/mol. The summed E-state index contributed by atoms with van der Waals surface area (Å²) in [5.74, 6) is -4.77. The van der Waals surface area contributed by atoms with Gasteiger partial charge in [0.15, 0.2) is 5.82 Å². The van der Waals surface area contributed by atoms with Gasteiger partial charge in [0.05, 0.1) is 44.9 Å². The van der Waals surface area contributed by atoms with Gasteiger partial charge in [-0.2, -0.15) is 23.1 Å². The number of rotatable bonds is 8. The lowest BCUT2D eigenvalue weighted by atomic mass is 9.89. The van der Waals surface area contributed by atoms with Gasteiger partial charge in [0, 0.05) is 50.4 Å². The molecule has 0 radical (unpaired) electrons. The number of halogens is 7. The van der Waals surface area contributed by atoms with E-state index in [2.05, 4.69) is 15.0 Å². The van der Waals surface area contributed by atoms with Crippen molar-refractivity contribution in [1.29, 1.82) is 0 Å². The molecule has 4 aliphatic heterocycles. The van der Waals surface area contributed by atoms with E-state index in [9.17, 15) is 31.5 Å². The van der Waals surface area contributed by atoms with E-state index in [0.717, 1.165) is 18.6 Å². The number of nitrogen functional groups attached to an aromatic ring is 1. The summed E-state index contributed by atoms with van der Waals surface area (Å²) < 4.78 is 106. The van der Waals surface area contributed by atoms with Gasteiger partial charge in [0.25, 0.3) is 5.92 Å². The molecule has 1 saturated carbocycles. The van der Waals surface area contributed by atoms with E-state index in [1.807, 2.05) is 4.90 Å². The average molecular weight is 812 g/mol. The van der Waals surface area contributed by atoms with Gasteiger partial charge < -0.3 is 24.8 Å². The maximum absolute atomic E-state index is 16.8. The maximum Gasteiger partial charge on any atom is 0.418 e. The highest BCUT2D eigenvalue weighted by molar-refractivity contribution is 6.32. The number of nitrogens with zero attached hydrogens (tertiary/aromatic N) is 6. The quantitative estimate of drug-likeness (QED) is 0.108. The minimum Gasteiger partial charge on any atom is -0.461 e. The van der Waals surface area contributed by atoms with Gasteiger partial charge in [-0.1, -0.05) is 25.4 Å². The minimum atomic E-state index is -4.99. The van der Waals surface area contributed by atoms with E-state index in [0.29, 0.717) is 25.8 Å². The number of anilines is 2. The number of ether oxygens (including phenoxy) is 3. The molecule has 1 amide bonds. The van der Waals surface area contributed by atoms with E-state index in [-0.39, 0.29) is 62.0 Å². The Morgan fingerprint density at radius 3 is 2.41 bits per heavy atom. The number of amides is 1. The van der Waals surface area contributed by atoms with E-state index in [1.165, 1.54) is 13.1 Å². The Kier molecular flexibility index (Phi) is 9.21. The number of carbonyl (C=O) groups is 2. The zero-order chi connectivity index (χ0) is 40.1. The predicted octanol–water partition coefficient (Wildman–Crippen LogP) is 7.06. The fraction of sp³-hybridized carbons (Fsp3) is 0.595. The molecule has 2 bridgehead atoms. The highest BCUT2D eigenvalue weighted by atomic mass is 35.5. The number of hydrogen-bond acceptors (Lipinski definition) is 11. The lowest BCUT2D eigenvalue weighted by molar-refractivity contribution is -0.170. The number of aromatic nitrogens is 3. The lowest BCUT2D eigenvalue weighted by Crippen LogP contribution is -2.56. The van der Waals surface area contributed by atoms with Crippen LogP contribution in [0, 0.1) is 17.2 Å². The van der Waals surface area contributed by atoms with Crippen LogP contribution >= 0.6 is 11.6 Å². The van der Waals surface area contributed by atoms with Crippen LogP contribution in [0.25, 0.3) is 22.2 Å². The Balaban J connectivity index is 1.15. The molecule has 4 saturated heterocycles. The standard InChI is InChI=1S/C37H40ClF6N7O5/c1-18(2)31(52)55-19(3)56-33(53)51-21-5-6-22(51)13-49(12-21)30-24-11-46-28(23-9-20(45)10-25(38)26(23)37(42,43)44)27(39)29(24)47-32(48-30)54-17-35-7-4-8-50(35)16-34(14-35)15-36(34,40)41/h9-11,18-19,21-22H,4-8,12-17,45H2,1-3H3/t19?,21-,22+,34-,35-/m0/s1. The summed E-state index contributed by atoms with van der Waals surface area (Å²) in [4.78, 5) is 43.9. The van der Waals surface area contributed by atoms with Crippen LogP contribution in [0.4, 0.5) is 42.6 Å². The summed E-state index contributed by atoms with van der Waals surface area (Å²) in [5.41, 5.74) is 0.751. The second-order valence-electron chi connectivity index (χ2n) is 16.1. The smallest absolute Gasteiger partial charge is 0.418 e. The Morgan fingerprint density at radius 1 is 1.07 bits per heavy atom. The van der Waals surface area contributed by atoms with Crippen molar-refractivity contribution >= 4 is 46.1 Å².